The van der Waals surface area contributed by atoms with Crippen LogP contribution in [0.15, 0.2) is 18.6 Å². The Morgan fingerprint density at radius 1 is 1.45 bits per heavy atom. The van der Waals surface area contributed by atoms with Gasteiger partial charge in [-0.15, -0.1) is 0 Å². The molecule has 1 N–H and O–H groups in total. The number of hydrogen-bond acceptors (Lipinski definition) is 4. The highest BCUT2D eigenvalue weighted by Gasteiger charge is 2.40. The summed E-state index contributed by atoms with van der Waals surface area (Å²) in [6.07, 6.45) is 3.92. The molecule has 0 spiro atoms. The van der Waals surface area contributed by atoms with Crippen LogP contribution in [0.5, 0.6) is 0 Å². The molecule has 0 aromatic carbocycles. The Kier molecular flexibility index (Phi) is 4.32. The summed E-state index contributed by atoms with van der Waals surface area (Å²) in [5.41, 5.74) is 0.734. The van der Waals surface area contributed by atoms with E-state index in [4.69, 9.17) is 0 Å². The van der Waals surface area contributed by atoms with Crippen LogP contribution in [0.2, 0.25) is 0 Å². The van der Waals surface area contributed by atoms with Gasteiger partial charge in [-0.05, 0) is 18.9 Å². The number of hydrogen-bond donors (Lipinski definition) is 1. The van der Waals surface area contributed by atoms with Crippen molar-refractivity contribution in [2.75, 3.05) is 0 Å². The van der Waals surface area contributed by atoms with Crippen LogP contribution in [0.25, 0.3) is 0 Å². The second kappa shape index (κ2) is 5.98. The Bertz CT molecular complexity index is 491. The van der Waals surface area contributed by atoms with Gasteiger partial charge >= 0.3 is 0 Å². The molecule has 0 radical (unpaired) electrons. The van der Waals surface area contributed by atoms with Crippen LogP contribution in [0, 0.1) is 5.92 Å². The third-order valence-electron chi connectivity index (χ3n) is 3.88. The molecule has 1 aliphatic heterocycles. The molecule has 3 atom stereocenters. The number of carbonyl (C=O) groups is 2. The van der Waals surface area contributed by atoms with E-state index in [1.54, 1.807) is 24.1 Å². The van der Waals surface area contributed by atoms with Gasteiger partial charge in [0.2, 0.25) is 11.8 Å². The zero-order valence-electron chi connectivity index (χ0n) is 12.0. The molecule has 0 saturated carbocycles. The van der Waals surface area contributed by atoms with E-state index in [9.17, 15) is 9.59 Å². The van der Waals surface area contributed by atoms with E-state index in [0.717, 1.165) is 12.1 Å². The van der Waals surface area contributed by atoms with E-state index in [-0.39, 0.29) is 17.7 Å². The molecule has 1 fully saturated rings. The average Bonchev–Trinajstić information content (AvgIpc) is 2.47. The van der Waals surface area contributed by atoms with Crippen molar-refractivity contribution in [1.29, 1.82) is 0 Å². The minimum Gasteiger partial charge on any atom is -0.342 e. The second-order valence-electron chi connectivity index (χ2n) is 5.21. The highest BCUT2D eigenvalue weighted by molar-refractivity contribution is 5.96. The molecule has 1 aromatic heterocycles. The zero-order chi connectivity index (χ0) is 14.7. The molecule has 2 amide bonds. The molecule has 1 aromatic rings. The first-order valence-electron chi connectivity index (χ1n) is 6.90. The lowest BCUT2D eigenvalue weighted by Gasteiger charge is -2.39. The van der Waals surface area contributed by atoms with Crippen molar-refractivity contribution in [3.63, 3.8) is 0 Å². The SMILES string of the molecule is CCC(C)C1NC(=O)C(C)N(Cc2ccncn2)C1=O. The molecule has 1 saturated heterocycles. The Hall–Kier alpha value is -1.98. The third kappa shape index (κ3) is 2.79. The first kappa shape index (κ1) is 14.4. The Balaban J connectivity index is 2.20. The van der Waals surface area contributed by atoms with Crippen molar-refractivity contribution in [3.05, 3.63) is 24.3 Å². The summed E-state index contributed by atoms with van der Waals surface area (Å²) in [6.45, 7) is 6.06. The number of nitrogens with zero attached hydrogens (tertiary/aromatic N) is 3. The smallest absolute Gasteiger partial charge is 0.246 e. The standard InChI is InChI=1S/C14H20N4O2/c1-4-9(2)12-14(20)18(10(3)13(19)17-12)7-11-5-6-15-8-16-11/h5-6,8-10,12H,4,7H2,1-3H3,(H,17,19). The van der Waals surface area contributed by atoms with Crippen LogP contribution in [0.4, 0.5) is 0 Å². The molecule has 2 heterocycles. The van der Waals surface area contributed by atoms with Gasteiger partial charge in [0.1, 0.15) is 18.4 Å². The Morgan fingerprint density at radius 2 is 2.20 bits per heavy atom. The molecule has 0 bridgehead atoms. The van der Waals surface area contributed by atoms with Gasteiger partial charge in [-0.2, -0.15) is 0 Å². The lowest BCUT2D eigenvalue weighted by molar-refractivity contribution is -0.150. The maximum atomic E-state index is 12.6. The molecular formula is C14H20N4O2. The van der Waals surface area contributed by atoms with Gasteiger partial charge in [0, 0.05) is 6.20 Å². The maximum absolute atomic E-state index is 12.6. The molecule has 20 heavy (non-hydrogen) atoms. The van der Waals surface area contributed by atoms with E-state index >= 15 is 0 Å². The summed E-state index contributed by atoms with van der Waals surface area (Å²) in [5.74, 6) is -0.0270. The predicted molar refractivity (Wildman–Crippen MR) is 73.4 cm³/mol. The zero-order valence-corrected chi connectivity index (χ0v) is 12.0. The number of rotatable bonds is 4. The number of amides is 2. The van der Waals surface area contributed by atoms with Crippen molar-refractivity contribution >= 4 is 11.8 Å². The van der Waals surface area contributed by atoms with Gasteiger partial charge in [-0.1, -0.05) is 20.3 Å². The van der Waals surface area contributed by atoms with Crippen molar-refractivity contribution in [2.45, 2.75) is 45.8 Å². The summed E-state index contributed by atoms with van der Waals surface area (Å²) in [7, 11) is 0. The van der Waals surface area contributed by atoms with Crippen LogP contribution >= 0.6 is 0 Å². The summed E-state index contributed by atoms with van der Waals surface area (Å²) >= 11 is 0. The highest BCUT2D eigenvalue weighted by atomic mass is 16.2. The van der Waals surface area contributed by atoms with Crippen LogP contribution in [-0.2, 0) is 16.1 Å². The highest BCUT2D eigenvalue weighted by Crippen LogP contribution is 2.19. The Morgan fingerprint density at radius 3 is 2.80 bits per heavy atom. The quantitative estimate of drug-likeness (QED) is 0.880. The third-order valence-corrected chi connectivity index (χ3v) is 3.88. The van der Waals surface area contributed by atoms with E-state index in [0.29, 0.717) is 6.54 Å². The number of aromatic nitrogens is 2. The molecule has 6 heteroatoms. The fraction of sp³-hybridized carbons (Fsp3) is 0.571. The molecule has 0 aliphatic carbocycles. The lowest BCUT2D eigenvalue weighted by Crippen LogP contribution is -2.63. The summed E-state index contributed by atoms with van der Waals surface area (Å²) < 4.78 is 0. The van der Waals surface area contributed by atoms with Gasteiger partial charge < -0.3 is 10.2 Å². The minimum atomic E-state index is -0.474. The topological polar surface area (TPSA) is 75.2 Å². The summed E-state index contributed by atoms with van der Waals surface area (Å²) in [6, 6.07) is 0.841. The Labute approximate surface area is 118 Å². The van der Waals surface area contributed by atoms with Crippen molar-refractivity contribution in [2.24, 2.45) is 5.92 Å². The fourth-order valence-electron chi connectivity index (χ4n) is 2.27. The number of piperazine rings is 1. The van der Waals surface area contributed by atoms with Gasteiger partial charge in [-0.3, -0.25) is 9.59 Å². The van der Waals surface area contributed by atoms with Crippen LogP contribution in [0.1, 0.15) is 32.9 Å². The second-order valence-corrected chi connectivity index (χ2v) is 5.21. The summed E-state index contributed by atoms with van der Waals surface area (Å²) in [4.78, 5) is 34.2. The average molecular weight is 276 g/mol. The fourth-order valence-corrected chi connectivity index (χ4v) is 2.27. The number of carbonyl (C=O) groups excluding carboxylic acids is 2. The lowest BCUT2D eigenvalue weighted by atomic mass is 9.94. The largest absolute Gasteiger partial charge is 0.342 e. The first-order chi connectivity index (χ1) is 9.54. The predicted octanol–water partition coefficient (Wildman–Crippen LogP) is 0.738. The minimum absolute atomic E-state index is 0.0370. The van der Waals surface area contributed by atoms with Gasteiger partial charge in [-0.25, -0.2) is 9.97 Å². The van der Waals surface area contributed by atoms with Gasteiger partial charge in [0.25, 0.3) is 0 Å². The van der Waals surface area contributed by atoms with Crippen molar-refractivity contribution < 1.29 is 9.59 Å². The monoisotopic (exact) mass is 276 g/mol. The van der Waals surface area contributed by atoms with E-state index in [1.807, 2.05) is 13.8 Å². The molecule has 108 valence electrons. The van der Waals surface area contributed by atoms with Crippen LogP contribution in [-0.4, -0.2) is 38.8 Å². The summed E-state index contributed by atoms with van der Waals surface area (Å²) in [5, 5.41) is 2.82. The molecule has 6 nitrogen and oxygen atoms in total. The van der Waals surface area contributed by atoms with Crippen LogP contribution < -0.4 is 5.32 Å². The molecule has 2 rings (SSSR count). The molecule has 1 aliphatic rings. The van der Waals surface area contributed by atoms with Gasteiger partial charge in [0.05, 0.1) is 12.2 Å². The maximum Gasteiger partial charge on any atom is 0.246 e. The van der Waals surface area contributed by atoms with Crippen LogP contribution in [0.3, 0.4) is 0 Å². The number of nitrogens with one attached hydrogen (secondary N) is 1. The van der Waals surface area contributed by atoms with Crippen molar-refractivity contribution in [1.82, 2.24) is 20.2 Å². The normalized spacial score (nSPS) is 24.4. The van der Waals surface area contributed by atoms with E-state index < -0.39 is 12.1 Å². The first-order valence-corrected chi connectivity index (χ1v) is 6.90. The molecule has 3 unspecified atom stereocenters. The molecular weight excluding hydrogens is 256 g/mol. The van der Waals surface area contributed by atoms with Gasteiger partial charge in [0.15, 0.2) is 0 Å². The van der Waals surface area contributed by atoms with E-state index in [2.05, 4.69) is 15.3 Å². The van der Waals surface area contributed by atoms with E-state index in [1.165, 1.54) is 6.33 Å². The van der Waals surface area contributed by atoms with Crippen molar-refractivity contribution in [3.8, 4) is 0 Å².